The van der Waals surface area contributed by atoms with Crippen LogP contribution < -0.4 is 0 Å². The Morgan fingerprint density at radius 2 is 2.22 bits per heavy atom. The molecular weight excluding hydrogens is 254 g/mol. The van der Waals surface area contributed by atoms with Crippen LogP contribution in [0.3, 0.4) is 0 Å². The third-order valence-electron chi connectivity index (χ3n) is 2.63. The van der Waals surface area contributed by atoms with Crippen LogP contribution in [0.1, 0.15) is 25.3 Å². The standard InChI is InChI=1S/C12H21NO4S/c1-3-4-9-18(14,15)13(6-8-16-2)10-12-5-7-17-11-12/h5,7,11H,3-4,6,8-10H2,1-2H3. The van der Waals surface area contributed by atoms with E-state index in [4.69, 9.17) is 9.15 Å². The zero-order valence-electron chi connectivity index (χ0n) is 11.0. The normalized spacial score (nSPS) is 12.2. The molecule has 0 saturated heterocycles. The topological polar surface area (TPSA) is 59.8 Å². The molecule has 0 aliphatic carbocycles. The minimum absolute atomic E-state index is 0.186. The number of rotatable bonds is 9. The Hall–Kier alpha value is -0.850. The van der Waals surface area contributed by atoms with Crippen LogP contribution in [0.25, 0.3) is 0 Å². The molecule has 1 heterocycles. The highest BCUT2D eigenvalue weighted by Crippen LogP contribution is 2.11. The van der Waals surface area contributed by atoms with Crippen molar-refractivity contribution in [2.75, 3.05) is 26.0 Å². The smallest absolute Gasteiger partial charge is 0.214 e. The maximum atomic E-state index is 12.2. The number of hydrogen-bond donors (Lipinski definition) is 0. The first kappa shape index (κ1) is 15.2. The second-order valence-corrected chi connectivity index (χ2v) is 6.22. The molecule has 1 aromatic heterocycles. The van der Waals surface area contributed by atoms with Gasteiger partial charge in [-0.2, -0.15) is 4.31 Å². The van der Waals surface area contributed by atoms with E-state index in [0.29, 0.717) is 26.1 Å². The average Bonchev–Trinajstić information content (AvgIpc) is 2.84. The van der Waals surface area contributed by atoms with Crippen molar-refractivity contribution in [3.05, 3.63) is 24.2 Å². The molecule has 0 atom stereocenters. The van der Waals surface area contributed by atoms with Crippen molar-refractivity contribution in [2.45, 2.75) is 26.3 Å². The predicted octanol–water partition coefficient (Wildman–Crippen LogP) is 1.86. The Morgan fingerprint density at radius 1 is 1.44 bits per heavy atom. The Morgan fingerprint density at radius 3 is 2.78 bits per heavy atom. The van der Waals surface area contributed by atoms with Crippen LogP contribution in [0.5, 0.6) is 0 Å². The number of unbranched alkanes of at least 4 members (excludes halogenated alkanes) is 1. The van der Waals surface area contributed by atoms with Gasteiger partial charge in [-0.05, 0) is 12.5 Å². The van der Waals surface area contributed by atoms with Gasteiger partial charge in [-0.3, -0.25) is 0 Å². The molecule has 104 valence electrons. The highest BCUT2D eigenvalue weighted by Gasteiger charge is 2.21. The van der Waals surface area contributed by atoms with Crippen molar-refractivity contribution >= 4 is 10.0 Å². The van der Waals surface area contributed by atoms with E-state index in [2.05, 4.69) is 0 Å². The fourth-order valence-electron chi connectivity index (χ4n) is 1.55. The van der Waals surface area contributed by atoms with Gasteiger partial charge < -0.3 is 9.15 Å². The van der Waals surface area contributed by atoms with Gasteiger partial charge in [-0.1, -0.05) is 13.3 Å². The van der Waals surface area contributed by atoms with Crippen LogP contribution in [-0.2, 0) is 21.3 Å². The van der Waals surface area contributed by atoms with E-state index in [0.717, 1.165) is 12.0 Å². The van der Waals surface area contributed by atoms with Gasteiger partial charge in [0.15, 0.2) is 0 Å². The van der Waals surface area contributed by atoms with Crippen LogP contribution in [0.15, 0.2) is 23.0 Å². The summed E-state index contributed by atoms with van der Waals surface area (Å²) in [5.74, 6) is 0.186. The van der Waals surface area contributed by atoms with Gasteiger partial charge in [0.2, 0.25) is 10.0 Å². The Labute approximate surface area is 109 Å². The van der Waals surface area contributed by atoms with Gasteiger partial charge in [-0.25, -0.2) is 8.42 Å². The van der Waals surface area contributed by atoms with Gasteiger partial charge in [-0.15, -0.1) is 0 Å². The van der Waals surface area contributed by atoms with E-state index in [1.54, 1.807) is 25.7 Å². The SMILES string of the molecule is CCCCS(=O)(=O)N(CCOC)Cc1ccoc1. The number of sulfonamides is 1. The molecule has 6 heteroatoms. The van der Waals surface area contributed by atoms with Crippen LogP contribution in [0, 0.1) is 0 Å². The number of hydrogen-bond acceptors (Lipinski definition) is 4. The lowest BCUT2D eigenvalue weighted by Gasteiger charge is -2.21. The second kappa shape index (κ2) is 7.56. The van der Waals surface area contributed by atoms with Crippen molar-refractivity contribution in [1.82, 2.24) is 4.31 Å². The summed E-state index contributed by atoms with van der Waals surface area (Å²) in [6, 6.07) is 1.77. The summed E-state index contributed by atoms with van der Waals surface area (Å²) < 4.78 is 35.7. The van der Waals surface area contributed by atoms with Gasteiger partial charge in [0, 0.05) is 25.8 Å². The Balaban J connectivity index is 2.70. The molecule has 0 unspecified atom stereocenters. The predicted molar refractivity (Wildman–Crippen MR) is 69.7 cm³/mol. The summed E-state index contributed by atoms with van der Waals surface area (Å²) in [4.78, 5) is 0. The molecule has 1 aromatic rings. The molecule has 0 aliphatic rings. The molecule has 0 radical (unpaired) electrons. The number of furan rings is 1. The van der Waals surface area contributed by atoms with E-state index < -0.39 is 10.0 Å². The summed E-state index contributed by atoms with van der Waals surface area (Å²) in [6.07, 6.45) is 4.65. The molecule has 0 saturated carbocycles. The van der Waals surface area contributed by atoms with Gasteiger partial charge in [0.1, 0.15) is 0 Å². The summed E-state index contributed by atoms with van der Waals surface area (Å²) in [6.45, 7) is 3.08. The van der Waals surface area contributed by atoms with Crippen LogP contribution in [0.2, 0.25) is 0 Å². The zero-order valence-corrected chi connectivity index (χ0v) is 11.8. The largest absolute Gasteiger partial charge is 0.472 e. The highest BCUT2D eigenvalue weighted by molar-refractivity contribution is 7.89. The first-order valence-corrected chi connectivity index (χ1v) is 7.69. The lowest BCUT2D eigenvalue weighted by Crippen LogP contribution is -2.35. The van der Waals surface area contributed by atoms with E-state index >= 15 is 0 Å². The summed E-state index contributed by atoms with van der Waals surface area (Å²) in [7, 11) is -1.66. The quantitative estimate of drug-likeness (QED) is 0.690. The summed E-state index contributed by atoms with van der Waals surface area (Å²) in [5, 5.41) is 0. The van der Waals surface area contributed by atoms with E-state index in [1.165, 1.54) is 4.31 Å². The second-order valence-electron chi connectivity index (χ2n) is 4.13. The van der Waals surface area contributed by atoms with Crippen molar-refractivity contribution in [2.24, 2.45) is 0 Å². The van der Waals surface area contributed by atoms with Gasteiger partial charge in [0.25, 0.3) is 0 Å². The fraction of sp³-hybridized carbons (Fsp3) is 0.667. The fourth-order valence-corrected chi connectivity index (χ4v) is 3.16. The minimum Gasteiger partial charge on any atom is -0.472 e. The van der Waals surface area contributed by atoms with Crippen molar-refractivity contribution in [1.29, 1.82) is 0 Å². The molecule has 0 amide bonds. The highest BCUT2D eigenvalue weighted by atomic mass is 32.2. The van der Waals surface area contributed by atoms with Gasteiger partial charge in [0.05, 0.1) is 24.9 Å². The van der Waals surface area contributed by atoms with Crippen LogP contribution in [-0.4, -0.2) is 38.7 Å². The van der Waals surface area contributed by atoms with Crippen LogP contribution >= 0.6 is 0 Å². The molecule has 0 aromatic carbocycles. The molecule has 1 rings (SSSR count). The molecular formula is C12H21NO4S. The molecule has 18 heavy (non-hydrogen) atoms. The molecule has 0 fully saturated rings. The lowest BCUT2D eigenvalue weighted by atomic mass is 10.3. The van der Waals surface area contributed by atoms with Crippen molar-refractivity contribution in [3.63, 3.8) is 0 Å². The third-order valence-corrected chi connectivity index (χ3v) is 4.54. The zero-order chi connectivity index (χ0) is 13.4. The summed E-state index contributed by atoms with van der Waals surface area (Å²) >= 11 is 0. The number of ether oxygens (including phenoxy) is 1. The number of nitrogens with zero attached hydrogens (tertiary/aromatic N) is 1. The molecule has 0 aliphatic heterocycles. The van der Waals surface area contributed by atoms with Crippen molar-refractivity contribution in [3.8, 4) is 0 Å². The molecule has 0 N–H and O–H groups in total. The van der Waals surface area contributed by atoms with E-state index in [-0.39, 0.29) is 5.75 Å². The third kappa shape index (κ3) is 4.80. The Bertz CT molecular complexity index is 413. The van der Waals surface area contributed by atoms with Crippen LogP contribution in [0.4, 0.5) is 0 Å². The molecule has 0 spiro atoms. The van der Waals surface area contributed by atoms with E-state index in [1.807, 2.05) is 6.92 Å². The summed E-state index contributed by atoms with van der Waals surface area (Å²) in [5.41, 5.74) is 0.853. The first-order valence-electron chi connectivity index (χ1n) is 6.08. The number of methoxy groups -OCH3 is 1. The maximum absolute atomic E-state index is 12.2. The van der Waals surface area contributed by atoms with Crippen molar-refractivity contribution < 1.29 is 17.6 Å². The monoisotopic (exact) mass is 275 g/mol. The van der Waals surface area contributed by atoms with E-state index in [9.17, 15) is 8.42 Å². The lowest BCUT2D eigenvalue weighted by molar-refractivity contribution is 0.177. The maximum Gasteiger partial charge on any atom is 0.214 e. The average molecular weight is 275 g/mol. The van der Waals surface area contributed by atoms with Gasteiger partial charge >= 0.3 is 0 Å². The first-order chi connectivity index (χ1) is 8.60. The Kier molecular flexibility index (Phi) is 6.38. The molecule has 5 nitrogen and oxygen atoms in total. The molecule has 0 bridgehead atoms. The minimum atomic E-state index is -3.22.